The minimum atomic E-state index is -3.83. The van der Waals surface area contributed by atoms with Crippen molar-refractivity contribution in [2.24, 2.45) is 5.14 Å². The van der Waals surface area contributed by atoms with Crippen molar-refractivity contribution in [3.05, 3.63) is 34.6 Å². The quantitative estimate of drug-likeness (QED) is 0.876. The highest BCUT2D eigenvalue weighted by atomic mass is 35.5. The number of nitrogens with two attached hydrogens (primary N) is 1. The van der Waals surface area contributed by atoms with Crippen LogP contribution in [0.5, 0.6) is 0 Å². The molecular weight excluding hydrogens is 243 g/mol. The van der Waals surface area contributed by atoms with Crippen LogP contribution in [0.15, 0.2) is 18.2 Å². The van der Waals surface area contributed by atoms with Crippen molar-refractivity contribution in [2.75, 3.05) is 7.05 Å². The molecule has 0 aliphatic rings. The summed E-state index contributed by atoms with van der Waals surface area (Å²) in [5, 5.41) is 5.03. The van der Waals surface area contributed by atoms with E-state index in [1.807, 2.05) is 0 Å². The Kier molecular flexibility index (Phi) is 3.67. The van der Waals surface area contributed by atoms with Gasteiger partial charge in [0.05, 0.1) is 0 Å². The molecule has 1 rings (SSSR count). The molecule has 2 N–H and O–H groups in total. The van der Waals surface area contributed by atoms with Crippen molar-refractivity contribution < 1.29 is 12.8 Å². The molecule has 0 atom stereocenters. The van der Waals surface area contributed by atoms with Crippen molar-refractivity contribution in [1.29, 1.82) is 0 Å². The first-order valence-corrected chi connectivity index (χ1v) is 5.87. The van der Waals surface area contributed by atoms with Crippen molar-refractivity contribution in [1.82, 2.24) is 4.31 Å². The van der Waals surface area contributed by atoms with Crippen LogP contribution in [-0.4, -0.2) is 19.8 Å². The van der Waals surface area contributed by atoms with Crippen molar-refractivity contribution >= 4 is 21.8 Å². The molecule has 0 aliphatic heterocycles. The molecule has 0 aromatic heterocycles. The third-order valence-electron chi connectivity index (χ3n) is 1.88. The van der Waals surface area contributed by atoms with Crippen molar-refractivity contribution in [3.8, 4) is 0 Å². The summed E-state index contributed by atoms with van der Waals surface area (Å²) in [4.78, 5) is 0. The highest BCUT2D eigenvalue weighted by Crippen LogP contribution is 2.20. The molecule has 15 heavy (non-hydrogen) atoms. The lowest BCUT2D eigenvalue weighted by Gasteiger charge is -2.14. The van der Waals surface area contributed by atoms with Crippen LogP contribution in [0.25, 0.3) is 0 Å². The van der Waals surface area contributed by atoms with Gasteiger partial charge in [0.2, 0.25) is 0 Å². The van der Waals surface area contributed by atoms with E-state index in [9.17, 15) is 12.8 Å². The molecule has 0 saturated carbocycles. The molecule has 84 valence electrons. The fraction of sp³-hybridized carbons (Fsp3) is 0.250. The smallest absolute Gasteiger partial charge is 0.216 e. The van der Waals surface area contributed by atoms with Gasteiger partial charge in [0, 0.05) is 24.2 Å². The summed E-state index contributed by atoms with van der Waals surface area (Å²) >= 11 is 5.72. The highest BCUT2D eigenvalue weighted by molar-refractivity contribution is 7.86. The van der Waals surface area contributed by atoms with E-state index in [0.717, 1.165) is 4.31 Å². The van der Waals surface area contributed by atoms with Gasteiger partial charge in [-0.15, -0.1) is 0 Å². The average molecular weight is 253 g/mol. The Hall–Kier alpha value is -0.690. The zero-order chi connectivity index (χ0) is 11.6. The van der Waals surface area contributed by atoms with Crippen LogP contribution < -0.4 is 5.14 Å². The second-order valence-electron chi connectivity index (χ2n) is 3.00. The number of halogens is 2. The summed E-state index contributed by atoms with van der Waals surface area (Å²) < 4.78 is 35.9. The lowest BCUT2D eigenvalue weighted by molar-refractivity contribution is 0.457. The predicted octanol–water partition coefficient (Wildman–Crippen LogP) is 1.11. The summed E-state index contributed by atoms with van der Waals surface area (Å²) in [7, 11) is -2.58. The van der Waals surface area contributed by atoms with Crippen LogP contribution in [0.4, 0.5) is 4.39 Å². The molecule has 0 saturated heterocycles. The lowest BCUT2D eigenvalue weighted by atomic mass is 10.2. The van der Waals surface area contributed by atoms with Crippen LogP contribution in [0.1, 0.15) is 5.56 Å². The third kappa shape index (κ3) is 3.13. The first-order chi connectivity index (χ1) is 6.82. The molecule has 0 fully saturated rings. The van der Waals surface area contributed by atoms with Gasteiger partial charge in [-0.05, 0) is 12.1 Å². The summed E-state index contributed by atoms with van der Waals surface area (Å²) in [5.74, 6) is -0.557. The maximum Gasteiger partial charge on any atom is 0.276 e. The Morgan fingerprint density at radius 3 is 2.60 bits per heavy atom. The standard InChI is InChI=1S/C8H10ClFN2O2S/c1-12(15(11,13)14)5-6-7(9)3-2-4-8(6)10/h2-4H,5H2,1H3,(H2,11,13,14). The van der Waals surface area contributed by atoms with Gasteiger partial charge >= 0.3 is 0 Å². The molecule has 1 aromatic carbocycles. The van der Waals surface area contributed by atoms with E-state index in [-0.39, 0.29) is 17.1 Å². The number of hydrogen-bond donors (Lipinski definition) is 1. The minimum absolute atomic E-state index is 0.107. The second-order valence-corrected chi connectivity index (χ2v) is 5.06. The van der Waals surface area contributed by atoms with E-state index in [4.69, 9.17) is 16.7 Å². The Labute approximate surface area is 92.6 Å². The number of nitrogens with zero attached hydrogens (tertiary/aromatic N) is 1. The van der Waals surface area contributed by atoms with Gasteiger partial charge in [0.15, 0.2) is 0 Å². The van der Waals surface area contributed by atoms with Crippen LogP contribution in [0.2, 0.25) is 5.02 Å². The predicted molar refractivity (Wildman–Crippen MR) is 56.0 cm³/mol. The van der Waals surface area contributed by atoms with E-state index in [1.54, 1.807) is 0 Å². The second kappa shape index (κ2) is 4.44. The molecule has 1 aromatic rings. The minimum Gasteiger partial charge on any atom is -0.216 e. The molecule has 0 amide bonds. The summed E-state index contributed by atoms with van der Waals surface area (Å²) in [6.07, 6.45) is 0. The van der Waals surface area contributed by atoms with Gasteiger partial charge in [-0.2, -0.15) is 12.7 Å². The largest absolute Gasteiger partial charge is 0.276 e. The monoisotopic (exact) mass is 252 g/mol. The zero-order valence-corrected chi connectivity index (χ0v) is 9.52. The van der Waals surface area contributed by atoms with Gasteiger partial charge in [0.25, 0.3) is 10.2 Å². The van der Waals surface area contributed by atoms with E-state index in [2.05, 4.69) is 0 Å². The Morgan fingerprint density at radius 1 is 1.53 bits per heavy atom. The number of benzene rings is 1. The summed E-state index contributed by atoms with van der Waals surface area (Å²) in [6.45, 7) is -0.190. The number of rotatable bonds is 3. The Morgan fingerprint density at radius 2 is 2.13 bits per heavy atom. The van der Waals surface area contributed by atoms with Gasteiger partial charge in [-0.25, -0.2) is 9.53 Å². The lowest BCUT2D eigenvalue weighted by Crippen LogP contribution is -2.33. The van der Waals surface area contributed by atoms with E-state index in [1.165, 1.54) is 25.2 Å². The van der Waals surface area contributed by atoms with Crippen LogP contribution in [0, 0.1) is 5.82 Å². The zero-order valence-electron chi connectivity index (χ0n) is 7.94. The van der Waals surface area contributed by atoms with Crippen LogP contribution in [-0.2, 0) is 16.8 Å². The Balaban J connectivity index is 3.00. The van der Waals surface area contributed by atoms with Crippen LogP contribution in [0.3, 0.4) is 0 Å². The summed E-state index contributed by atoms with van der Waals surface area (Å²) in [5.41, 5.74) is 0.107. The fourth-order valence-corrected chi connectivity index (χ4v) is 1.53. The maximum absolute atomic E-state index is 13.3. The molecule has 0 unspecified atom stereocenters. The molecule has 0 aliphatic carbocycles. The topological polar surface area (TPSA) is 63.4 Å². The Bertz CT molecular complexity index is 443. The first kappa shape index (κ1) is 12.4. The van der Waals surface area contributed by atoms with Gasteiger partial charge in [-0.1, -0.05) is 17.7 Å². The molecule has 0 radical (unpaired) electrons. The van der Waals surface area contributed by atoms with Crippen molar-refractivity contribution in [3.63, 3.8) is 0 Å². The van der Waals surface area contributed by atoms with E-state index in [0.29, 0.717) is 0 Å². The van der Waals surface area contributed by atoms with Crippen molar-refractivity contribution in [2.45, 2.75) is 6.54 Å². The normalized spacial score (nSPS) is 12.1. The molecule has 0 heterocycles. The molecule has 4 nitrogen and oxygen atoms in total. The molecule has 0 bridgehead atoms. The van der Waals surface area contributed by atoms with E-state index >= 15 is 0 Å². The summed E-state index contributed by atoms with van der Waals surface area (Å²) in [6, 6.07) is 4.13. The maximum atomic E-state index is 13.3. The first-order valence-electron chi connectivity index (χ1n) is 3.99. The molecule has 7 heteroatoms. The van der Waals surface area contributed by atoms with Crippen LogP contribution >= 0.6 is 11.6 Å². The SMILES string of the molecule is CN(Cc1c(F)cccc1Cl)S(N)(=O)=O. The number of hydrogen-bond acceptors (Lipinski definition) is 2. The van der Waals surface area contributed by atoms with Gasteiger partial charge in [-0.3, -0.25) is 0 Å². The fourth-order valence-electron chi connectivity index (χ4n) is 0.996. The van der Waals surface area contributed by atoms with Gasteiger partial charge in [0.1, 0.15) is 5.82 Å². The van der Waals surface area contributed by atoms with E-state index < -0.39 is 16.0 Å². The highest BCUT2D eigenvalue weighted by Gasteiger charge is 2.16. The molecular formula is C8H10ClFN2O2S. The average Bonchev–Trinajstić information content (AvgIpc) is 2.09. The van der Waals surface area contributed by atoms with Gasteiger partial charge < -0.3 is 0 Å². The molecule has 0 spiro atoms. The third-order valence-corrected chi connectivity index (χ3v) is 3.23.